The molecule has 82 valence electrons. The molecular weight excluding hydrogens is 176 g/mol. The fourth-order valence-corrected chi connectivity index (χ4v) is 4.96. The molecule has 0 aliphatic heterocycles. The van der Waals surface area contributed by atoms with Gasteiger partial charge in [-0.05, 0) is 34.8 Å². The molecule has 0 radical (unpaired) electrons. The Labute approximate surface area is 86.8 Å². The highest BCUT2D eigenvalue weighted by atomic mass is 32.3. The summed E-state index contributed by atoms with van der Waals surface area (Å²) in [5.41, 5.74) is 0. The smallest absolute Gasteiger partial charge is 0.000813 e. The third-order valence-electron chi connectivity index (χ3n) is 4.30. The molecule has 0 aromatic carbocycles. The molecule has 13 heavy (non-hydrogen) atoms. The van der Waals surface area contributed by atoms with Crippen molar-refractivity contribution in [3.8, 4) is 0 Å². The predicted molar refractivity (Wildman–Crippen MR) is 68.1 cm³/mol. The van der Waals surface area contributed by atoms with Crippen molar-refractivity contribution in [1.82, 2.24) is 0 Å². The maximum absolute atomic E-state index is 2.50. The standard InChI is InChI=1S/C12H28S/c1-9-12(6,10(2)3)13(7,8)11(4)5/h10-11H,9H2,1-8H3. The molecule has 0 aromatic heterocycles. The van der Waals surface area contributed by atoms with Crippen LogP contribution in [0.1, 0.15) is 48.0 Å². The second kappa shape index (κ2) is 4.25. The molecule has 0 bridgehead atoms. The van der Waals surface area contributed by atoms with Gasteiger partial charge in [0, 0.05) is 0 Å². The third kappa shape index (κ3) is 2.23. The van der Waals surface area contributed by atoms with Gasteiger partial charge in [-0.25, -0.2) is 10.0 Å². The second-order valence-corrected chi connectivity index (χ2v) is 9.96. The van der Waals surface area contributed by atoms with Gasteiger partial charge < -0.3 is 0 Å². The van der Waals surface area contributed by atoms with E-state index in [1.807, 2.05) is 0 Å². The first-order chi connectivity index (χ1) is 5.70. The Morgan fingerprint density at radius 2 is 1.46 bits per heavy atom. The van der Waals surface area contributed by atoms with E-state index in [4.69, 9.17) is 0 Å². The minimum Gasteiger partial charge on any atom is -0.239 e. The molecule has 0 fully saturated rings. The molecule has 0 N–H and O–H groups in total. The summed E-state index contributed by atoms with van der Waals surface area (Å²) in [6.45, 7) is 14.3. The van der Waals surface area contributed by atoms with Gasteiger partial charge in [0.05, 0.1) is 0 Å². The van der Waals surface area contributed by atoms with E-state index in [9.17, 15) is 0 Å². The molecule has 0 saturated carbocycles. The van der Waals surface area contributed by atoms with Crippen molar-refractivity contribution in [3.05, 3.63) is 0 Å². The van der Waals surface area contributed by atoms with Crippen molar-refractivity contribution >= 4 is 10.0 Å². The normalized spacial score (nSPS) is 19.2. The lowest BCUT2D eigenvalue weighted by Crippen LogP contribution is -2.39. The minimum absolute atomic E-state index is 0.488. The van der Waals surface area contributed by atoms with Gasteiger partial charge in [-0.1, -0.05) is 41.5 Å². The first kappa shape index (κ1) is 13.4. The van der Waals surface area contributed by atoms with E-state index in [1.165, 1.54) is 6.42 Å². The quantitative estimate of drug-likeness (QED) is 0.641. The summed E-state index contributed by atoms with van der Waals surface area (Å²) in [7, 11) is -0.488. The average Bonchev–Trinajstić information content (AvgIpc) is 2.01. The molecule has 0 aliphatic rings. The molecule has 0 amide bonds. The number of hydrogen-bond donors (Lipinski definition) is 0. The molecule has 0 aliphatic carbocycles. The zero-order valence-corrected chi connectivity index (χ0v) is 11.6. The van der Waals surface area contributed by atoms with Crippen LogP contribution in [0.25, 0.3) is 0 Å². The van der Waals surface area contributed by atoms with Gasteiger partial charge in [-0.2, -0.15) is 0 Å². The molecule has 0 aromatic rings. The summed E-state index contributed by atoms with van der Waals surface area (Å²) in [5, 5.41) is 0.833. The Morgan fingerprint density at radius 1 is 1.08 bits per heavy atom. The maximum Gasteiger partial charge on any atom is -0.000813 e. The van der Waals surface area contributed by atoms with Crippen LogP contribution in [0.4, 0.5) is 0 Å². The van der Waals surface area contributed by atoms with E-state index >= 15 is 0 Å². The topological polar surface area (TPSA) is 0 Å². The molecule has 0 saturated heterocycles. The zero-order chi connectivity index (χ0) is 10.9. The Kier molecular flexibility index (Phi) is 4.36. The minimum atomic E-state index is -0.488. The van der Waals surface area contributed by atoms with E-state index < -0.39 is 10.0 Å². The molecule has 1 unspecified atom stereocenters. The second-order valence-electron chi connectivity index (χ2n) is 5.28. The van der Waals surface area contributed by atoms with E-state index in [1.54, 1.807) is 0 Å². The Bertz CT molecular complexity index is 159. The molecule has 0 spiro atoms. The van der Waals surface area contributed by atoms with Crippen LogP contribution in [-0.4, -0.2) is 22.5 Å². The average molecular weight is 204 g/mol. The van der Waals surface area contributed by atoms with Gasteiger partial charge in [-0.15, -0.1) is 0 Å². The van der Waals surface area contributed by atoms with Crippen molar-refractivity contribution < 1.29 is 0 Å². The summed E-state index contributed by atoms with van der Waals surface area (Å²) in [4.78, 5) is 0. The SMILES string of the molecule is CCC(C)(C(C)C)S(C)(C)C(C)C. The predicted octanol–water partition coefficient (Wildman–Crippen LogP) is 4.28. The lowest BCUT2D eigenvalue weighted by Gasteiger charge is -2.54. The molecule has 1 heteroatoms. The number of hydrogen-bond acceptors (Lipinski definition) is 0. The van der Waals surface area contributed by atoms with Gasteiger partial charge >= 0.3 is 0 Å². The van der Waals surface area contributed by atoms with Crippen LogP contribution >= 0.6 is 10.0 Å². The highest BCUT2D eigenvalue weighted by molar-refractivity contribution is 8.34. The van der Waals surface area contributed by atoms with Gasteiger partial charge in [0.2, 0.25) is 0 Å². The van der Waals surface area contributed by atoms with E-state index in [0.717, 1.165) is 11.2 Å². The van der Waals surface area contributed by atoms with Crippen LogP contribution in [0.3, 0.4) is 0 Å². The van der Waals surface area contributed by atoms with E-state index in [-0.39, 0.29) is 0 Å². The summed E-state index contributed by atoms with van der Waals surface area (Å²) >= 11 is 0. The summed E-state index contributed by atoms with van der Waals surface area (Å²) in [6, 6.07) is 0. The van der Waals surface area contributed by atoms with Crippen LogP contribution in [0, 0.1) is 5.92 Å². The van der Waals surface area contributed by atoms with Crippen molar-refractivity contribution in [2.24, 2.45) is 5.92 Å². The van der Waals surface area contributed by atoms with Crippen molar-refractivity contribution in [1.29, 1.82) is 0 Å². The Balaban J connectivity index is 4.95. The van der Waals surface area contributed by atoms with Crippen LogP contribution in [-0.2, 0) is 0 Å². The molecular formula is C12H28S. The first-order valence-electron chi connectivity index (χ1n) is 5.42. The summed E-state index contributed by atoms with van der Waals surface area (Å²) < 4.78 is 0.543. The molecule has 0 heterocycles. The Hall–Kier alpha value is 0.350. The van der Waals surface area contributed by atoms with Crippen LogP contribution < -0.4 is 0 Å². The van der Waals surface area contributed by atoms with Gasteiger partial charge in [0.25, 0.3) is 0 Å². The summed E-state index contributed by atoms with van der Waals surface area (Å²) in [6.07, 6.45) is 6.31. The van der Waals surface area contributed by atoms with E-state index in [2.05, 4.69) is 54.1 Å². The van der Waals surface area contributed by atoms with Gasteiger partial charge in [-0.3, -0.25) is 0 Å². The largest absolute Gasteiger partial charge is 0.239 e. The highest BCUT2D eigenvalue weighted by Gasteiger charge is 2.39. The van der Waals surface area contributed by atoms with Crippen LogP contribution in [0.15, 0.2) is 0 Å². The highest BCUT2D eigenvalue weighted by Crippen LogP contribution is 2.61. The zero-order valence-electron chi connectivity index (χ0n) is 10.8. The fourth-order valence-electron chi connectivity index (χ4n) is 1.93. The Morgan fingerprint density at radius 3 is 1.54 bits per heavy atom. The monoisotopic (exact) mass is 204 g/mol. The lowest BCUT2D eigenvalue weighted by molar-refractivity contribution is 0.446. The fraction of sp³-hybridized carbons (Fsp3) is 1.00. The maximum atomic E-state index is 2.50. The third-order valence-corrected chi connectivity index (χ3v) is 9.82. The van der Waals surface area contributed by atoms with Crippen molar-refractivity contribution in [2.45, 2.75) is 58.0 Å². The van der Waals surface area contributed by atoms with Crippen LogP contribution in [0.5, 0.6) is 0 Å². The first-order valence-corrected chi connectivity index (χ1v) is 7.93. The molecule has 1 atom stereocenters. The molecule has 0 nitrogen and oxygen atoms in total. The van der Waals surface area contributed by atoms with Crippen LogP contribution in [0.2, 0.25) is 0 Å². The van der Waals surface area contributed by atoms with E-state index in [0.29, 0.717) is 4.75 Å². The van der Waals surface area contributed by atoms with Crippen molar-refractivity contribution in [2.75, 3.05) is 12.5 Å². The molecule has 0 rings (SSSR count). The summed E-state index contributed by atoms with van der Waals surface area (Å²) in [5.74, 6) is 0.796. The lowest BCUT2D eigenvalue weighted by atomic mass is 9.94. The van der Waals surface area contributed by atoms with Gasteiger partial charge in [0.1, 0.15) is 0 Å². The van der Waals surface area contributed by atoms with Crippen molar-refractivity contribution in [3.63, 3.8) is 0 Å². The van der Waals surface area contributed by atoms with Gasteiger partial charge in [0.15, 0.2) is 0 Å². The number of rotatable bonds is 4.